The van der Waals surface area contributed by atoms with E-state index < -0.39 is 0 Å². The van der Waals surface area contributed by atoms with Crippen molar-refractivity contribution in [3.05, 3.63) is 60.4 Å². The minimum absolute atomic E-state index is 0.00667. The zero-order valence-electron chi connectivity index (χ0n) is 11.4. The van der Waals surface area contributed by atoms with Gasteiger partial charge in [-0.05, 0) is 17.7 Å². The van der Waals surface area contributed by atoms with Gasteiger partial charge < -0.3 is 10.1 Å². The highest BCUT2D eigenvalue weighted by molar-refractivity contribution is 5.22. The SMILES string of the molecule is CC(C)NCC(Oc1cccnc1)c1ccccc1. The van der Waals surface area contributed by atoms with E-state index in [9.17, 15) is 0 Å². The Bertz CT molecular complexity index is 471. The molecule has 1 aromatic carbocycles. The van der Waals surface area contributed by atoms with Crippen LogP contribution in [-0.2, 0) is 0 Å². The van der Waals surface area contributed by atoms with Crippen LogP contribution in [0.4, 0.5) is 0 Å². The van der Waals surface area contributed by atoms with Crippen molar-refractivity contribution in [3.63, 3.8) is 0 Å². The molecule has 0 radical (unpaired) electrons. The third-order valence-corrected chi connectivity index (χ3v) is 2.80. The van der Waals surface area contributed by atoms with Crippen LogP contribution in [0, 0.1) is 0 Å². The van der Waals surface area contributed by atoms with Crippen molar-refractivity contribution >= 4 is 0 Å². The maximum absolute atomic E-state index is 6.03. The molecule has 3 nitrogen and oxygen atoms in total. The van der Waals surface area contributed by atoms with Gasteiger partial charge in [-0.1, -0.05) is 44.2 Å². The Kier molecular flexibility index (Phi) is 4.93. The van der Waals surface area contributed by atoms with E-state index in [1.807, 2.05) is 30.3 Å². The molecule has 0 aliphatic carbocycles. The molecule has 1 atom stereocenters. The Morgan fingerprint density at radius 2 is 1.89 bits per heavy atom. The first-order chi connectivity index (χ1) is 9.25. The van der Waals surface area contributed by atoms with Crippen LogP contribution in [0.25, 0.3) is 0 Å². The Balaban J connectivity index is 2.10. The van der Waals surface area contributed by atoms with Crippen LogP contribution in [0.1, 0.15) is 25.5 Å². The van der Waals surface area contributed by atoms with Crippen molar-refractivity contribution in [1.29, 1.82) is 0 Å². The smallest absolute Gasteiger partial charge is 0.138 e. The quantitative estimate of drug-likeness (QED) is 0.861. The zero-order chi connectivity index (χ0) is 13.5. The fourth-order valence-electron chi connectivity index (χ4n) is 1.82. The summed E-state index contributed by atoms with van der Waals surface area (Å²) in [4.78, 5) is 4.08. The molecule has 0 saturated carbocycles. The lowest BCUT2D eigenvalue weighted by Gasteiger charge is -2.21. The second kappa shape index (κ2) is 6.90. The Hall–Kier alpha value is -1.87. The van der Waals surface area contributed by atoms with E-state index in [0.717, 1.165) is 12.3 Å². The van der Waals surface area contributed by atoms with Crippen LogP contribution in [0.3, 0.4) is 0 Å². The van der Waals surface area contributed by atoms with E-state index in [1.54, 1.807) is 12.4 Å². The fraction of sp³-hybridized carbons (Fsp3) is 0.312. The van der Waals surface area contributed by atoms with Gasteiger partial charge in [0.2, 0.25) is 0 Å². The molecule has 0 fully saturated rings. The molecule has 3 heteroatoms. The lowest BCUT2D eigenvalue weighted by molar-refractivity contribution is 0.197. The first-order valence-corrected chi connectivity index (χ1v) is 6.60. The van der Waals surface area contributed by atoms with E-state index in [4.69, 9.17) is 4.74 Å². The molecule has 0 spiro atoms. The monoisotopic (exact) mass is 256 g/mol. The molecule has 0 aliphatic heterocycles. The first kappa shape index (κ1) is 13.6. The minimum Gasteiger partial charge on any atom is -0.483 e. The van der Waals surface area contributed by atoms with Crippen molar-refractivity contribution in [2.24, 2.45) is 0 Å². The van der Waals surface area contributed by atoms with Crippen molar-refractivity contribution in [2.75, 3.05) is 6.54 Å². The number of aromatic nitrogens is 1. The summed E-state index contributed by atoms with van der Waals surface area (Å²) < 4.78 is 6.03. The Morgan fingerprint density at radius 3 is 2.53 bits per heavy atom. The highest BCUT2D eigenvalue weighted by Gasteiger charge is 2.13. The van der Waals surface area contributed by atoms with Crippen molar-refractivity contribution in [3.8, 4) is 5.75 Å². The van der Waals surface area contributed by atoms with E-state index in [1.165, 1.54) is 5.56 Å². The predicted octanol–water partition coefficient (Wildman–Crippen LogP) is 3.20. The van der Waals surface area contributed by atoms with E-state index in [2.05, 4.69) is 36.3 Å². The van der Waals surface area contributed by atoms with E-state index in [-0.39, 0.29) is 6.10 Å². The van der Waals surface area contributed by atoms with Crippen molar-refractivity contribution in [1.82, 2.24) is 10.3 Å². The van der Waals surface area contributed by atoms with Crippen LogP contribution in [0.2, 0.25) is 0 Å². The first-order valence-electron chi connectivity index (χ1n) is 6.60. The van der Waals surface area contributed by atoms with E-state index in [0.29, 0.717) is 6.04 Å². The lowest BCUT2D eigenvalue weighted by Crippen LogP contribution is -2.30. The van der Waals surface area contributed by atoms with Crippen LogP contribution in [0.15, 0.2) is 54.9 Å². The van der Waals surface area contributed by atoms with Crippen molar-refractivity contribution in [2.45, 2.75) is 26.0 Å². The molecule has 0 saturated heterocycles. The molecule has 2 aromatic rings. The largest absolute Gasteiger partial charge is 0.483 e. The molecule has 19 heavy (non-hydrogen) atoms. The number of benzene rings is 1. The molecule has 1 N–H and O–H groups in total. The third kappa shape index (κ3) is 4.38. The number of pyridine rings is 1. The molecular formula is C16H20N2O. The topological polar surface area (TPSA) is 34.1 Å². The van der Waals surface area contributed by atoms with Crippen LogP contribution >= 0.6 is 0 Å². The summed E-state index contributed by atoms with van der Waals surface area (Å²) in [6.07, 6.45) is 3.48. The normalized spacial score (nSPS) is 12.4. The average molecular weight is 256 g/mol. The molecule has 1 aromatic heterocycles. The number of hydrogen-bond acceptors (Lipinski definition) is 3. The second-order valence-electron chi connectivity index (χ2n) is 4.77. The molecule has 1 unspecified atom stereocenters. The van der Waals surface area contributed by atoms with Gasteiger partial charge in [0.25, 0.3) is 0 Å². The van der Waals surface area contributed by atoms with E-state index >= 15 is 0 Å². The standard InChI is InChI=1S/C16H20N2O/c1-13(2)18-12-16(14-7-4-3-5-8-14)19-15-9-6-10-17-11-15/h3-11,13,16,18H,12H2,1-2H3. The molecule has 2 rings (SSSR count). The maximum Gasteiger partial charge on any atom is 0.138 e. The highest BCUT2D eigenvalue weighted by atomic mass is 16.5. The van der Waals surface area contributed by atoms with Gasteiger partial charge in [-0.15, -0.1) is 0 Å². The van der Waals surface area contributed by atoms with Crippen LogP contribution in [-0.4, -0.2) is 17.6 Å². The fourth-order valence-corrected chi connectivity index (χ4v) is 1.82. The van der Waals surface area contributed by atoms with Gasteiger partial charge in [0.15, 0.2) is 0 Å². The Morgan fingerprint density at radius 1 is 1.11 bits per heavy atom. The van der Waals surface area contributed by atoms with Crippen molar-refractivity contribution < 1.29 is 4.74 Å². The second-order valence-corrected chi connectivity index (χ2v) is 4.77. The summed E-state index contributed by atoms with van der Waals surface area (Å²) in [6.45, 7) is 5.04. The molecule has 0 bridgehead atoms. The summed E-state index contributed by atoms with van der Waals surface area (Å²) in [5, 5.41) is 3.42. The van der Waals surface area contributed by atoms with Crippen LogP contribution in [0.5, 0.6) is 5.75 Å². The Labute approximate surface area is 114 Å². The average Bonchev–Trinajstić information content (AvgIpc) is 2.45. The lowest BCUT2D eigenvalue weighted by atomic mass is 10.1. The van der Waals surface area contributed by atoms with Gasteiger partial charge >= 0.3 is 0 Å². The van der Waals surface area contributed by atoms with Gasteiger partial charge in [0, 0.05) is 18.8 Å². The number of hydrogen-bond donors (Lipinski definition) is 1. The number of nitrogens with one attached hydrogen (secondary N) is 1. The van der Waals surface area contributed by atoms with Gasteiger partial charge in [0.1, 0.15) is 11.9 Å². The summed E-state index contributed by atoms with van der Waals surface area (Å²) >= 11 is 0. The molecular weight excluding hydrogens is 236 g/mol. The predicted molar refractivity (Wildman–Crippen MR) is 77.2 cm³/mol. The summed E-state index contributed by atoms with van der Waals surface area (Å²) in [5.74, 6) is 0.793. The van der Waals surface area contributed by atoms with Gasteiger partial charge in [-0.25, -0.2) is 0 Å². The molecule has 1 heterocycles. The van der Waals surface area contributed by atoms with Crippen LogP contribution < -0.4 is 10.1 Å². The zero-order valence-corrected chi connectivity index (χ0v) is 11.4. The summed E-state index contributed by atoms with van der Waals surface area (Å²) in [6, 6.07) is 14.5. The third-order valence-electron chi connectivity index (χ3n) is 2.80. The molecule has 0 amide bonds. The molecule has 100 valence electrons. The van der Waals surface area contributed by atoms with Gasteiger partial charge in [-0.2, -0.15) is 0 Å². The minimum atomic E-state index is -0.00667. The number of rotatable bonds is 6. The number of nitrogens with zero attached hydrogens (tertiary/aromatic N) is 1. The highest BCUT2D eigenvalue weighted by Crippen LogP contribution is 2.20. The number of ether oxygens (including phenoxy) is 1. The van der Waals surface area contributed by atoms with Gasteiger partial charge in [-0.3, -0.25) is 4.98 Å². The van der Waals surface area contributed by atoms with Gasteiger partial charge in [0.05, 0.1) is 6.20 Å². The summed E-state index contributed by atoms with van der Waals surface area (Å²) in [5.41, 5.74) is 1.17. The summed E-state index contributed by atoms with van der Waals surface area (Å²) in [7, 11) is 0. The molecule has 0 aliphatic rings. The maximum atomic E-state index is 6.03.